The number of hydrogen-bond donors (Lipinski definition) is 2. The Labute approximate surface area is 161 Å². The molecule has 0 aliphatic rings. The van der Waals surface area contributed by atoms with Gasteiger partial charge < -0.3 is 10.3 Å². The van der Waals surface area contributed by atoms with E-state index in [9.17, 15) is 4.79 Å². The second-order valence-electron chi connectivity index (χ2n) is 6.39. The van der Waals surface area contributed by atoms with Crippen molar-refractivity contribution in [2.24, 2.45) is 0 Å². The third-order valence-corrected chi connectivity index (χ3v) is 4.72. The van der Waals surface area contributed by atoms with Crippen molar-refractivity contribution in [3.63, 3.8) is 0 Å². The lowest BCUT2D eigenvalue weighted by Gasteiger charge is -2.05. The van der Waals surface area contributed by atoms with Crippen LogP contribution in [0.15, 0.2) is 60.7 Å². The first-order chi connectivity index (χ1) is 13.1. The van der Waals surface area contributed by atoms with E-state index in [1.807, 2.05) is 37.3 Å². The van der Waals surface area contributed by atoms with Crippen LogP contribution in [0, 0.1) is 6.92 Å². The Balaban J connectivity index is 1.50. The highest BCUT2D eigenvalue weighted by Gasteiger charge is 2.09. The molecule has 2 N–H and O–H groups in total. The summed E-state index contributed by atoms with van der Waals surface area (Å²) in [5.74, 6) is -0.163. The third-order valence-electron chi connectivity index (χ3n) is 4.47. The second-order valence-corrected chi connectivity index (χ2v) is 6.83. The predicted octanol–water partition coefficient (Wildman–Crippen LogP) is 5.01. The number of benzene rings is 2. The number of nitrogens with one attached hydrogen (secondary N) is 2. The average molecular weight is 376 g/mol. The molecule has 0 atom stereocenters. The number of hydrogen-bond acceptors (Lipinski definition) is 2. The molecule has 0 bridgehead atoms. The second kappa shape index (κ2) is 7.25. The van der Waals surface area contributed by atoms with Crippen molar-refractivity contribution in [1.29, 1.82) is 0 Å². The first kappa shape index (κ1) is 17.3. The fraction of sp³-hybridized carbons (Fsp3) is 0.0909. The number of nitrogens with zero attached hydrogens (tertiary/aromatic N) is 1. The van der Waals surface area contributed by atoms with E-state index in [0.29, 0.717) is 11.6 Å². The van der Waals surface area contributed by atoms with Crippen LogP contribution in [-0.4, -0.2) is 15.9 Å². The van der Waals surface area contributed by atoms with Crippen LogP contribution in [0.1, 0.15) is 17.0 Å². The van der Waals surface area contributed by atoms with E-state index in [0.717, 1.165) is 38.8 Å². The summed E-state index contributed by atoms with van der Waals surface area (Å²) in [4.78, 5) is 20.1. The first-order valence-corrected chi connectivity index (χ1v) is 9.06. The van der Waals surface area contributed by atoms with E-state index in [-0.39, 0.29) is 5.91 Å². The molecule has 2 aromatic heterocycles. The number of aryl methyl sites for hydroxylation is 1. The average Bonchev–Trinajstić information content (AvgIpc) is 3.05. The van der Waals surface area contributed by atoms with Gasteiger partial charge in [0.25, 0.3) is 0 Å². The summed E-state index contributed by atoms with van der Waals surface area (Å²) < 4.78 is 0. The smallest absolute Gasteiger partial charge is 0.244 e. The van der Waals surface area contributed by atoms with E-state index in [1.54, 1.807) is 18.2 Å². The van der Waals surface area contributed by atoms with Gasteiger partial charge in [-0.3, -0.25) is 9.78 Å². The van der Waals surface area contributed by atoms with Crippen molar-refractivity contribution < 1.29 is 4.79 Å². The highest BCUT2D eigenvalue weighted by Crippen LogP contribution is 2.27. The maximum Gasteiger partial charge on any atom is 0.244 e. The zero-order valence-electron chi connectivity index (χ0n) is 14.8. The summed E-state index contributed by atoms with van der Waals surface area (Å²) in [6.45, 7) is 2.35. The van der Waals surface area contributed by atoms with E-state index in [1.165, 1.54) is 6.08 Å². The third kappa shape index (κ3) is 3.71. The molecular weight excluding hydrogens is 358 g/mol. The molecule has 4 rings (SSSR count). The van der Waals surface area contributed by atoms with Crippen LogP contribution in [0.25, 0.3) is 27.9 Å². The maximum absolute atomic E-state index is 12.1. The normalized spacial score (nSPS) is 11.5. The van der Waals surface area contributed by atoms with Crippen LogP contribution < -0.4 is 5.32 Å². The predicted molar refractivity (Wildman–Crippen MR) is 111 cm³/mol. The zero-order valence-corrected chi connectivity index (χ0v) is 15.5. The SMILES string of the molecule is Cc1nc(CNC(=O)/C=C/c2ccc(Cl)cc2)cc2c1[nH]c1ccccc12. The molecule has 0 aliphatic carbocycles. The molecule has 2 heterocycles. The molecule has 0 radical (unpaired) electrons. The van der Waals surface area contributed by atoms with Crippen molar-refractivity contribution in [1.82, 2.24) is 15.3 Å². The summed E-state index contributed by atoms with van der Waals surface area (Å²) in [6.07, 6.45) is 3.27. The number of aromatic amines is 1. The van der Waals surface area contributed by atoms with E-state index in [2.05, 4.69) is 27.4 Å². The Morgan fingerprint density at radius 3 is 2.74 bits per heavy atom. The number of para-hydroxylation sites is 1. The maximum atomic E-state index is 12.1. The van der Waals surface area contributed by atoms with Gasteiger partial charge in [-0.2, -0.15) is 0 Å². The van der Waals surface area contributed by atoms with Crippen molar-refractivity contribution in [2.75, 3.05) is 0 Å². The lowest BCUT2D eigenvalue weighted by atomic mass is 10.1. The van der Waals surface area contributed by atoms with Gasteiger partial charge >= 0.3 is 0 Å². The van der Waals surface area contributed by atoms with E-state index < -0.39 is 0 Å². The number of halogens is 1. The molecule has 0 fully saturated rings. The van der Waals surface area contributed by atoms with Crippen molar-refractivity contribution in [3.05, 3.63) is 82.6 Å². The number of carbonyl (C=O) groups is 1. The van der Waals surface area contributed by atoms with Crippen molar-refractivity contribution in [2.45, 2.75) is 13.5 Å². The molecule has 4 aromatic rings. The summed E-state index contributed by atoms with van der Waals surface area (Å²) >= 11 is 5.86. The lowest BCUT2D eigenvalue weighted by molar-refractivity contribution is -0.116. The Morgan fingerprint density at radius 2 is 1.93 bits per heavy atom. The van der Waals surface area contributed by atoms with Crippen LogP contribution in [-0.2, 0) is 11.3 Å². The molecule has 27 heavy (non-hydrogen) atoms. The number of rotatable bonds is 4. The summed E-state index contributed by atoms with van der Waals surface area (Å²) in [6, 6.07) is 17.5. The minimum atomic E-state index is -0.163. The van der Waals surface area contributed by atoms with Gasteiger partial charge in [-0.15, -0.1) is 0 Å². The van der Waals surface area contributed by atoms with Gasteiger partial charge in [0.1, 0.15) is 0 Å². The van der Waals surface area contributed by atoms with E-state index in [4.69, 9.17) is 11.6 Å². The van der Waals surface area contributed by atoms with E-state index >= 15 is 0 Å². The standard InChI is InChI=1S/C22H18ClN3O/c1-14-22-19(18-4-2-3-5-20(18)26-22)12-17(25-14)13-24-21(27)11-8-15-6-9-16(23)10-7-15/h2-12,26H,13H2,1H3,(H,24,27)/b11-8+. The summed E-state index contributed by atoms with van der Waals surface area (Å²) in [7, 11) is 0. The minimum Gasteiger partial charge on any atom is -0.353 e. The molecule has 0 unspecified atom stereocenters. The monoisotopic (exact) mass is 375 g/mol. The first-order valence-electron chi connectivity index (χ1n) is 8.68. The molecule has 4 nitrogen and oxygen atoms in total. The number of aromatic nitrogens is 2. The number of carbonyl (C=O) groups excluding carboxylic acids is 1. The molecule has 0 spiro atoms. The van der Waals surface area contributed by atoms with Crippen LogP contribution in [0.2, 0.25) is 5.02 Å². The Kier molecular flexibility index (Phi) is 4.65. The fourth-order valence-electron chi connectivity index (χ4n) is 3.14. The minimum absolute atomic E-state index is 0.163. The molecule has 2 aromatic carbocycles. The van der Waals surface area contributed by atoms with Gasteiger partial charge in [0.05, 0.1) is 23.4 Å². The zero-order chi connectivity index (χ0) is 18.8. The number of fused-ring (bicyclic) bond motifs is 3. The number of H-pyrrole nitrogens is 1. The number of amides is 1. The van der Waals surface area contributed by atoms with Gasteiger partial charge in [0.15, 0.2) is 0 Å². The van der Waals surface area contributed by atoms with Crippen LogP contribution >= 0.6 is 11.6 Å². The quantitative estimate of drug-likeness (QED) is 0.493. The summed E-state index contributed by atoms with van der Waals surface area (Å²) in [5.41, 5.74) is 4.80. The van der Waals surface area contributed by atoms with Gasteiger partial charge in [-0.25, -0.2) is 0 Å². The molecule has 0 saturated carbocycles. The molecule has 0 saturated heterocycles. The molecule has 0 aliphatic heterocycles. The Morgan fingerprint density at radius 1 is 1.15 bits per heavy atom. The highest BCUT2D eigenvalue weighted by molar-refractivity contribution is 6.30. The van der Waals surface area contributed by atoms with Crippen LogP contribution in [0.4, 0.5) is 0 Å². The molecular formula is C22H18ClN3O. The van der Waals surface area contributed by atoms with Gasteiger partial charge in [-0.05, 0) is 42.8 Å². The van der Waals surface area contributed by atoms with Crippen LogP contribution in [0.5, 0.6) is 0 Å². The van der Waals surface area contributed by atoms with Gasteiger partial charge in [0, 0.05) is 27.4 Å². The molecule has 1 amide bonds. The Hall–Kier alpha value is -3.11. The number of pyridine rings is 1. The molecule has 5 heteroatoms. The van der Waals surface area contributed by atoms with Crippen molar-refractivity contribution in [3.8, 4) is 0 Å². The Bertz CT molecular complexity index is 1160. The van der Waals surface area contributed by atoms with Gasteiger partial charge in [0.2, 0.25) is 5.91 Å². The topological polar surface area (TPSA) is 57.8 Å². The highest BCUT2D eigenvalue weighted by atomic mass is 35.5. The van der Waals surface area contributed by atoms with Crippen LogP contribution in [0.3, 0.4) is 0 Å². The lowest BCUT2D eigenvalue weighted by Crippen LogP contribution is -2.21. The molecule has 134 valence electrons. The fourth-order valence-corrected chi connectivity index (χ4v) is 3.27. The van der Waals surface area contributed by atoms with Gasteiger partial charge in [-0.1, -0.05) is 41.9 Å². The van der Waals surface area contributed by atoms with Crippen molar-refractivity contribution >= 4 is 45.4 Å². The largest absolute Gasteiger partial charge is 0.353 e. The summed E-state index contributed by atoms with van der Waals surface area (Å²) in [5, 5.41) is 5.84.